The molecule has 132 valence electrons. The first-order chi connectivity index (χ1) is 12.4. The summed E-state index contributed by atoms with van der Waals surface area (Å²) in [4.78, 5) is 25.6. The largest absolute Gasteiger partial charge is 0.458 e. The standard InChI is InChI=1S/C20H18N2O4/c1-4-20(13-25-18(23)16-8-6-5-7-9-16)11-10-17(26-20)22-12-14(2)15(3)21-19(22)24/h1,5-12,17H,3,13H2,2H3,(H,21,24)/t17-,20+/m1/s1. The van der Waals surface area contributed by atoms with Crippen LogP contribution in [0.1, 0.15) is 17.3 Å². The van der Waals surface area contributed by atoms with Crippen LogP contribution in [0.3, 0.4) is 0 Å². The summed E-state index contributed by atoms with van der Waals surface area (Å²) < 4.78 is 11.1. The van der Waals surface area contributed by atoms with E-state index < -0.39 is 17.8 Å². The summed E-state index contributed by atoms with van der Waals surface area (Å²) in [7, 11) is 0. The number of urea groups is 1. The third kappa shape index (κ3) is 3.39. The Kier molecular flexibility index (Phi) is 4.65. The molecule has 2 aliphatic rings. The van der Waals surface area contributed by atoms with E-state index in [4.69, 9.17) is 15.9 Å². The molecule has 0 saturated heterocycles. The second-order valence-electron chi connectivity index (χ2n) is 5.97. The van der Waals surface area contributed by atoms with Crippen LogP contribution in [0.5, 0.6) is 0 Å². The van der Waals surface area contributed by atoms with E-state index in [0.717, 1.165) is 5.57 Å². The topological polar surface area (TPSA) is 67.9 Å². The summed E-state index contributed by atoms with van der Waals surface area (Å²) in [5, 5.41) is 2.65. The van der Waals surface area contributed by atoms with Crippen molar-refractivity contribution in [2.24, 2.45) is 0 Å². The number of nitrogens with one attached hydrogen (secondary N) is 1. The highest BCUT2D eigenvalue weighted by Gasteiger charge is 2.39. The van der Waals surface area contributed by atoms with Crippen LogP contribution in [0.15, 0.2) is 66.5 Å². The second-order valence-corrected chi connectivity index (χ2v) is 5.97. The van der Waals surface area contributed by atoms with Gasteiger partial charge in [-0.3, -0.25) is 4.90 Å². The van der Waals surface area contributed by atoms with Crippen LogP contribution in [0, 0.1) is 12.3 Å². The van der Waals surface area contributed by atoms with E-state index in [1.54, 1.807) is 48.7 Å². The smallest absolute Gasteiger partial charge is 0.338 e. The van der Waals surface area contributed by atoms with E-state index in [0.29, 0.717) is 11.3 Å². The predicted molar refractivity (Wildman–Crippen MR) is 95.6 cm³/mol. The minimum atomic E-state index is -1.23. The summed E-state index contributed by atoms with van der Waals surface area (Å²) in [6.07, 6.45) is 9.82. The van der Waals surface area contributed by atoms with Gasteiger partial charge in [0.25, 0.3) is 0 Å². The Morgan fingerprint density at radius 2 is 2.19 bits per heavy atom. The lowest BCUT2D eigenvalue weighted by Crippen LogP contribution is -2.47. The Balaban J connectivity index is 1.68. The minimum absolute atomic E-state index is 0.158. The van der Waals surface area contributed by atoms with Crippen molar-refractivity contribution in [2.45, 2.75) is 18.8 Å². The van der Waals surface area contributed by atoms with Crippen molar-refractivity contribution in [3.63, 3.8) is 0 Å². The molecule has 26 heavy (non-hydrogen) atoms. The molecular formula is C20H18N2O4. The maximum atomic E-state index is 12.1. The number of ether oxygens (including phenoxy) is 2. The maximum absolute atomic E-state index is 12.1. The summed E-state index contributed by atoms with van der Waals surface area (Å²) in [6.45, 7) is 5.42. The third-order valence-corrected chi connectivity index (χ3v) is 4.11. The van der Waals surface area contributed by atoms with E-state index >= 15 is 0 Å². The summed E-state index contributed by atoms with van der Waals surface area (Å²) in [5.41, 5.74) is 0.528. The van der Waals surface area contributed by atoms with E-state index in [2.05, 4.69) is 17.8 Å². The molecule has 0 aliphatic carbocycles. The van der Waals surface area contributed by atoms with Gasteiger partial charge in [-0.1, -0.05) is 30.7 Å². The van der Waals surface area contributed by atoms with Gasteiger partial charge in [-0.2, -0.15) is 0 Å². The monoisotopic (exact) mass is 350 g/mol. The number of amides is 2. The molecule has 0 unspecified atom stereocenters. The molecule has 0 bridgehead atoms. The fraction of sp³-hybridized carbons (Fsp3) is 0.200. The first-order valence-corrected chi connectivity index (χ1v) is 7.98. The fourth-order valence-corrected chi connectivity index (χ4v) is 2.54. The molecule has 6 nitrogen and oxygen atoms in total. The molecule has 1 N–H and O–H groups in total. The van der Waals surface area contributed by atoms with Crippen LogP contribution in [-0.2, 0) is 9.47 Å². The molecule has 2 aliphatic heterocycles. The number of esters is 1. The van der Waals surface area contributed by atoms with Crippen molar-refractivity contribution in [2.75, 3.05) is 6.61 Å². The molecule has 1 aromatic rings. The molecule has 2 heterocycles. The molecular weight excluding hydrogens is 332 g/mol. The lowest BCUT2D eigenvalue weighted by atomic mass is 10.1. The van der Waals surface area contributed by atoms with Crippen molar-refractivity contribution in [1.82, 2.24) is 10.2 Å². The average molecular weight is 350 g/mol. The molecule has 0 saturated carbocycles. The van der Waals surface area contributed by atoms with Crippen LogP contribution in [0.25, 0.3) is 0 Å². The number of hydrogen-bond acceptors (Lipinski definition) is 4. The lowest BCUT2D eigenvalue weighted by Gasteiger charge is -2.32. The third-order valence-electron chi connectivity index (χ3n) is 4.11. The van der Waals surface area contributed by atoms with Crippen LogP contribution >= 0.6 is 0 Å². The fourth-order valence-electron chi connectivity index (χ4n) is 2.54. The lowest BCUT2D eigenvalue weighted by molar-refractivity contribution is -0.0647. The predicted octanol–water partition coefficient (Wildman–Crippen LogP) is 2.57. The van der Waals surface area contributed by atoms with Gasteiger partial charge in [0.15, 0.2) is 11.8 Å². The molecule has 3 rings (SSSR count). The summed E-state index contributed by atoms with van der Waals surface area (Å²) in [5.74, 6) is 2.01. The van der Waals surface area contributed by atoms with Crippen molar-refractivity contribution in [3.8, 4) is 12.3 Å². The zero-order chi connectivity index (χ0) is 18.7. The Bertz CT molecular complexity index is 850. The van der Waals surface area contributed by atoms with Crippen molar-refractivity contribution in [3.05, 3.63) is 72.1 Å². The minimum Gasteiger partial charge on any atom is -0.458 e. The Hall–Kier alpha value is -3.30. The van der Waals surface area contributed by atoms with Crippen LogP contribution in [-0.4, -0.2) is 35.3 Å². The first kappa shape index (κ1) is 17.5. The molecule has 0 radical (unpaired) electrons. The molecule has 0 fully saturated rings. The zero-order valence-electron chi connectivity index (χ0n) is 14.3. The van der Waals surface area contributed by atoms with Gasteiger partial charge in [-0.05, 0) is 36.8 Å². The summed E-state index contributed by atoms with van der Waals surface area (Å²) >= 11 is 0. The molecule has 6 heteroatoms. The van der Waals surface area contributed by atoms with E-state index in [-0.39, 0.29) is 12.6 Å². The first-order valence-electron chi connectivity index (χ1n) is 7.98. The van der Waals surface area contributed by atoms with Crippen LogP contribution < -0.4 is 5.32 Å². The van der Waals surface area contributed by atoms with Gasteiger partial charge in [0.05, 0.1) is 5.56 Å². The number of terminal acetylenes is 1. The highest BCUT2D eigenvalue weighted by Crippen LogP contribution is 2.28. The molecule has 1 aromatic carbocycles. The van der Waals surface area contributed by atoms with Gasteiger partial charge in [0, 0.05) is 11.9 Å². The number of carbonyl (C=O) groups excluding carboxylic acids is 2. The number of carbonyl (C=O) groups is 2. The van der Waals surface area contributed by atoms with E-state index in [9.17, 15) is 9.59 Å². The average Bonchev–Trinajstić information content (AvgIpc) is 3.08. The van der Waals surface area contributed by atoms with Gasteiger partial charge in [-0.25, -0.2) is 9.59 Å². The van der Waals surface area contributed by atoms with E-state index in [1.165, 1.54) is 4.90 Å². The SMILES string of the molecule is C#C[C@@]1(COC(=O)c2ccccc2)C=C[C@H](N2C=C(C)C(=C)NC2=O)O1. The number of nitrogens with zero attached hydrogens (tertiary/aromatic N) is 1. The van der Waals surface area contributed by atoms with Crippen molar-refractivity contribution < 1.29 is 19.1 Å². The second kappa shape index (κ2) is 6.90. The molecule has 0 spiro atoms. The molecule has 0 aromatic heterocycles. The quantitative estimate of drug-likeness (QED) is 0.515. The number of allylic oxidation sites excluding steroid dienone is 1. The van der Waals surface area contributed by atoms with Crippen molar-refractivity contribution in [1.29, 1.82) is 0 Å². The normalized spacial score (nSPS) is 24.7. The van der Waals surface area contributed by atoms with Crippen LogP contribution in [0.4, 0.5) is 4.79 Å². The van der Waals surface area contributed by atoms with Gasteiger partial charge < -0.3 is 14.8 Å². The van der Waals surface area contributed by atoms with E-state index in [1.807, 2.05) is 6.92 Å². The van der Waals surface area contributed by atoms with Gasteiger partial charge in [-0.15, -0.1) is 6.42 Å². The Labute approximate surface area is 151 Å². The number of rotatable bonds is 4. The Morgan fingerprint density at radius 3 is 2.88 bits per heavy atom. The van der Waals surface area contributed by atoms with Crippen LogP contribution in [0.2, 0.25) is 0 Å². The van der Waals surface area contributed by atoms with Gasteiger partial charge in [0.1, 0.15) is 6.61 Å². The van der Waals surface area contributed by atoms with Crippen molar-refractivity contribution >= 4 is 12.0 Å². The number of hydrogen-bond donors (Lipinski definition) is 1. The zero-order valence-corrected chi connectivity index (χ0v) is 14.3. The highest BCUT2D eigenvalue weighted by molar-refractivity contribution is 5.89. The van der Waals surface area contributed by atoms with Gasteiger partial charge in [0.2, 0.25) is 0 Å². The Morgan fingerprint density at radius 1 is 1.46 bits per heavy atom. The summed E-state index contributed by atoms with van der Waals surface area (Å²) in [6, 6.07) is 8.22. The highest BCUT2D eigenvalue weighted by atomic mass is 16.6. The number of benzene rings is 1. The maximum Gasteiger partial charge on any atom is 0.338 e. The molecule has 2 atom stereocenters. The van der Waals surface area contributed by atoms with Gasteiger partial charge >= 0.3 is 12.0 Å². The molecule has 2 amide bonds.